The van der Waals surface area contributed by atoms with Crippen molar-refractivity contribution in [2.24, 2.45) is 7.05 Å². The number of ether oxygens (including phenoxy) is 1. The summed E-state index contributed by atoms with van der Waals surface area (Å²) in [6.07, 6.45) is -0.885. The number of amides is 1. The van der Waals surface area contributed by atoms with Gasteiger partial charge in [-0.15, -0.1) is 10.2 Å². The highest BCUT2D eigenvalue weighted by molar-refractivity contribution is 7.99. The SMILES string of the molecule is Cn1c(SCC(=O)Nc2ccc(N3CCOCC3)c(Cl)c2)nnc1[C@@H](O)c1ccccc1. The van der Waals surface area contributed by atoms with Crippen LogP contribution in [0.5, 0.6) is 0 Å². The van der Waals surface area contributed by atoms with Crippen LogP contribution in [-0.4, -0.2) is 57.8 Å². The molecule has 1 saturated heterocycles. The molecule has 0 radical (unpaired) electrons. The number of rotatable bonds is 7. The minimum atomic E-state index is -0.885. The number of aliphatic hydroxyl groups excluding tert-OH is 1. The third-order valence-electron chi connectivity index (χ3n) is 5.14. The molecule has 0 spiro atoms. The van der Waals surface area contributed by atoms with E-state index in [-0.39, 0.29) is 11.7 Å². The van der Waals surface area contributed by atoms with Crippen molar-refractivity contribution < 1.29 is 14.6 Å². The zero-order valence-electron chi connectivity index (χ0n) is 17.6. The molecule has 2 aromatic carbocycles. The Labute approximate surface area is 195 Å². The van der Waals surface area contributed by atoms with Crippen molar-refractivity contribution in [2.45, 2.75) is 11.3 Å². The van der Waals surface area contributed by atoms with Gasteiger partial charge in [-0.3, -0.25) is 4.79 Å². The number of carbonyl (C=O) groups excluding carboxylic acids is 1. The quantitative estimate of drug-likeness (QED) is 0.509. The molecule has 0 aliphatic carbocycles. The van der Waals surface area contributed by atoms with Crippen LogP contribution in [0.1, 0.15) is 17.5 Å². The van der Waals surface area contributed by atoms with Crippen LogP contribution in [0.3, 0.4) is 0 Å². The van der Waals surface area contributed by atoms with E-state index < -0.39 is 6.10 Å². The predicted octanol–water partition coefficient (Wildman–Crippen LogP) is 3.12. The van der Waals surface area contributed by atoms with Crippen LogP contribution in [0.25, 0.3) is 0 Å². The number of aromatic nitrogens is 3. The molecule has 1 aliphatic rings. The molecule has 1 atom stereocenters. The molecule has 1 fully saturated rings. The lowest BCUT2D eigenvalue weighted by atomic mass is 10.1. The maximum Gasteiger partial charge on any atom is 0.234 e. The highest BCUT2D eigenvalue weighted by Crippen LogP contribution is 2.30. The smallest absolute Gasteiger partial charge is 0.234 e. The zero-order valence-corrected chi connectivity index (χ0v) is 19.1. The van der Waals surface area contributed by atoms with E-state index in [4.69, 9.17) is 16.3 Å². The van der Waals surface area contributed by atoms with Gasteiger partial charge in [-0.05, 0) is 23.8 Å². The van der Waals surface area contributed by atoms with Gasteiger partial charge in [0.25, 0.3) is 0 Å². The van der Waals surface area contributed by atoms with Crippen LogP contribution in [0.4, 0.5) is 11.4 Å². The monoisotopic (exact) mass is 473 g/mol. The van der Waals surface area contributed by atoms with Crippen LogP contribution in [-0.2, 0) is 16.6 Å². The summed E-state index contributed by atoms with van der Waals surface area (Å²) in [4.78, 5) is 14.6. The second-order valence-electron chi connectivity index (χ2n) is 7.32. The molecule has 2 heterocycles. The Balaban J connectivity index is 1.34. The molecule has 4 rings (SSSR count). The lowest BCUT2D eigenvalue weighted by molar-refractivity contribution is -0.113. The molecule has 8 nitrogen and oxygen atoms in total. The lowest BCUT2D eigenvalue weighted by Gasteiger charge is -2.29. The molecule has 0 unspecified atom stereocenters. The molecule has 32 heavy (non-hydrogen) atoms. The first-order chi connectivity index (χ1) is 15.5. The van der Waals surface area contributed by atoms with Crippen molar-refractivity contribution in [3.05, 3.63) is 64.9 Å². The number of hydrogen-bond acceptors (Lipinski definition) is 7. The van der Waals surface area contributed by atoms with E-state index in [0.717, 1.165) is 24.3 Å². The number of aliphatic hydroxyl groups is 1. The van der Waals surface area contributed by atoms with Crippen LogP contribution in [0.2, 0.25) is 5.02 Å². The molecule has 0 bridgehead atoms. The number of nitrogens with zero attached hydrogens (tertiary/aromatic N) is 4. The molecule has 1 aliphatic heterocycles. The van der Waals surface area contributed by atoms with Crippen molar-refractivity contribution in [1.29, 1.82) is 0 Å². The van der Waals surface area contributed by atoms with E-state index in [1.54, 1.807) is 17.7 Å². The first-order valence-electron chi connectivity index (χ1n) is 10.2. The van der Waals surface area contributed by atoms with Gasteiger partial charge in [-0.2, -0.15) is 0 Å². The summed E-state index contributed by atoms with van der Waals surface area (Å²) in [6.45, 7) is 2.94. The predicted molar refractivity (Wildman–Crippen MR) is 125 cm³/mol. The maximum atomic E-state index is 12.4. The normalized spacial score (nSPS) is 14.9. The fourth-order valence-electron chi connectivity index (χ4n) is 3.45. The number of nitrogens with one attached hydrogen (secondary N) is 1. The van der Waals surface area contributed by atoms with Crippen LogP contribution >= 0.6 is 23.4 Å². The third-order valence-corrected chi connectivity index (χ3v) is 6.47. The van der Waals surface area contributed by atoms with Gasteiger partial charge in [0, 0.05) is 25.8 Å². The Morgan fingerprint density at radius 3 is 2.69 bits per heavy atom. The van der Waals surface area contributed by atoms with E-state index in [9.17, 15) is 9.90 Å². The number of carbonyl (C=O) groups is 1. The average molecular weight is 474 g/mol. The fraction of sp³-hybridized carbons (Fsp3) is 0.318. The summed E-state index contributed by atoms with van der Waals surface area (Å²) in [5.41, 5.74) is 2.30. The first-order valence-corrected chi connectivity index (χ1v) is 11.6. The summed E-state index contributed by atoms with van der Waals surface area (Å²) in [7, 11) is 1.77. The zero-order chi connectivity index (χ0) is 22.5. The molecular formula is C22H24ClN5O3S. The molecule has 1 aromatic heterocycles. The van der Waals surface area contributed by atoms with Gasteiger partial charge in [0.05, 0.1) is 29.7 Å². The maximum absolute atomic E-state index is 12.4. The number of morpholine rings is 1. The van der Waals surface area contributed by atoms with Crippen molar-refractivity contribution >= 4 is 40.6 Å². The molecular weight excluding hydrogens is 450 g/mol. The van der Waals surface area contributed by atoms with Crippen LogP contribution in [0, 0.1) is 0 Å². The fourth-order valence-corrected chi connectivity index (χ4v) is 4.47. The van der Waals surface area contributed by atoms with Crippen molar-refractivity contribution in [3.8, 4) is 0 Å². The summed E-state index contributed by atoms with van der Waals surface area (Å²) >= 11 is 7.69. The Kier molecular flexibility index (Phi) is 7.31. The Hall–Kier alpha value is -2.59. The average Bonchev–Trinajstić information content (AvgIpc) is 3.18. The van der Waals surface area contributed by atoms with Crippen molar-refractivity contribution in [3.63, 3.8) is 0 Å². The van der Waals surface area contributed by atoms with E-state index in [2.05, 4.69) is 20.4 Å². The van der Waals surface area contributed by atoms with Crippen molar-refractivity contribution in [1.82, 2.24) is 14.8 Å². The standard InChI is InChI=1S/C22H24ClN5O3S/c1-27-21(20(30)15-5-3-2-4-6-15)25-26-22(27)32-14-19(29)24-16-7-8-18(17(23)13-16)28-9-11-31-12-10-28/h2-8,13,20,30H,9-12,14H2,1H3,(H,24,29)/t20-/m0/s1. The van der Waals surface area contributed by atoms with Gasteiger partial charge in [-0.25, -0.2) is 0 Å². The van der Waals surface area contributed by atoms with Gasteiger partial charge in [-0.1, -0.05) is 53.7 Å². The van der Waals surface area contributed by atoms with Gasteiger partial charge in [0.2, 0.25) is 5.91 Å². The minimum absolute atomic E-state index is 0.149. The molecule has 1 amide bonds. The highest BCUT2D eigenvalue weighted by Gasteiger charge is 2.20. The summed E-state index contributed by atoms with van der Waals surface area (Å²) in [5.74, 6) is 0.388. The molecule has 168 valence electrons. The number of halogens is 1. The Morgan fingerprint density at radius 1 is 1.22 bits per heavy atom. The number of thioether (sulfide) groups is 1. The summed E-state index contributed by atoms with van der Waals surface area (Å²) < 4.78 is 7.07. The van der Waals surface area contributed by atoms with Gasteiger partial charge >= 0.3 is 0 Å². The number of benzene rings is 2. The Morgan fingerprint density at radius 2 is 1.97 bits per heavy atom. The second kappa shape index (κ2) is 10.4. The van der Waals surface area contributed by atoms with Gasteiger partial charge < -0.3 is 24.6 Å². The van der Waals surface area contributed by atoms with E-state index in [1.807, 2.05) is 42.5 Å². The lowest BCUT2D eigenvalue weighted by Crippen LogP contribution is -2.36. The minimum Gasteiger partial charge on any atom is -0.380 e. The third kappa shape index (κ3) is 5.24. The highest BCUT2D eigenvalue weighted by atomic mass is 35.5. The molecule has 2 N–H and O–H groups in total. The first kappa shape index (κ1) is 22.6. The number of hydrogen-bond donors (Lipinski definition) is 2. The van der Waals surface area contributed by atoms with E-state index in [0.29, 0.717) is 34.9 Å². The summed E-state index contributed by atoms with van der Waals surface area (Å²) in [5, 5.41) is 22.8. The van der Waals surface area contributed by atoms with Crippen LogP contribution < -0.4 is 10.2 Å². The number of anilines is 2. The van der Waals surface area contributed by atoms with E-state index >= 15 is 0 Å². The van der Waals surface area contributed by atoms with E-state index in [1.165, 1.54) is 11.8 Å². The second-order valence-corrected chi connectivity index (χ2v) is 8.67. The largest absolute Gasteiger partial charge is 0.380 e. The Bertz CT molecular complexity index is 1070. The molecule has 3 aromatic rings. The molecule has 0 saturated carbocycles. The molecule has 10 heteroatoms. The van der Waals surface area contributed by atoms with Crippen LogP contribution in [0.15, 0.2) is 53.7 Å². The topological polar surface area (TPSA) is 92.5 Å². The summed E-state index contributed by atoms with van der Waals surface area (Å²) in [6, 6.07) is 14.8. The van der Waals surface area contributed by atoms with Crippen molar-refractivity contribution in [2.75, 3.05) is 42.3 Å². The van der Waals surface area contributed by atoms with Gasteiger partial charge in [0.15, 0.2) is 11.0 Å². The van der Waals surface area contributed by atoms with Gasteiger partial charge in [0.1, 0.15) is 6.10 Å².